The summed E-state index contributed by atoms with van der Waals surface area (Å²) in [6, 6.07) is 10.8. The lowest BCUT2D eigenvalue weighted by Gasteiger charge is -2.33. The van der Waals surface area contributed by atoms with Gasteiger partial charge in [0.2, 0.25) is 5.91 Å². The van der Waals surface area contributed by atoms with Crippen LogP contribution in [0.25, 0.3) is 10.9 Å². The number of aromatic nitrogens is 3. The molecule has 1 unspecified atom stereocenters. The Kier molecular flexibility index (Phi) is 4.54. The largest absolute Gasteiger partial charge is 0.352 e. The van der Waals surface area contributed by atoms with Crippen LogP contribution in [-0.4, -0.2) is 45.2 Å². The number of hydrogen-bond donors (Lipinski definition) is 1. The van der Waals surface area contributed by atoms with E-state index in [-0.39, 0.29) is 17.7 Å². The number of nitrogens with one attached hydrogen (secondary N) is 1. The predicted octanol–water partition coefficient (Wildman–Crippen LogP) is 2.64. The summed E-state index contributed by atoms with van der Waals surface area (Å²) in [4.78, 5) is 19.3. The molecule has 1 saturated carbocycles. The summed E-state index contributed by atoms with van der Waals surface area (Å²) >= 11 is 0. The molecule has 2 aromatic heterocycles. The van der Waals surface area contributed by atoms with Gasteiger partial charge in [-0.2, -0.15) is 0 Å². The minimum Gasteiger partial charge on any atom is -0.352 e. The number of fused-ring (bicyclic) bond motifs is 1. The minimum atomic E-state index is 0.0105. The van der Waals surface area contributed by atoms with E-state index in [2.05, 4.69) is 54.4 Å². The van der Waals surface area contributed by atoms with Crippen molar-refractivity contribution in [2.24, 2.45) is 5.41 Å². The van der Waals surface area contributed by atoms with Crippen molar-refractivity contribution in [3.63, 3.8) is 0 Å². The summed E-state index contributed by atoms with van der Waals surface area (Å²) in [5.74, 6) is 0.0105. The maximum absolute atomic E-state index is 12.3. The fourth-order valence-corrected chi connectivity index (χ4v) is 4.60. The van der Waals surface area contributed by atoms with Crippen molar-refractivity contribution >= 4 is 16.8 Å². The average molecular weight is 391 g/mol. The third-order valence-electron chi connectivity index (χ3n) is 6.58. The summed E-state index contributed by atoms with van der Waals surface area (Å²) < 4.78 is 4.67. The summed E-state index contributed by atoms with van der Waals surface area (Å²) in [7, 11) is 0. The van der Waals surface area contributed by atoms with Crippen LogP contribution in [0.4, 0.5) is 0 Å². The Labute approximate surface area is 169 Å². The third-order valence-corrected chi connectivity index (χ3v) is 6.58. The van der Waals surface area contributed by atoms with Gasteiger partial charge in [0.05, 0.1) is 11.9 Å². The fourth-order valence-electron chi connectivity index (χ4n) is 4.60. The summed E-state index contributed by atoms with van der Waals surface area (Å²) in [5, 5.41) is 12.0. The number of nitrogens with zero attached hydrogens (tertiary/aromatic N) is 4. The van der Waals surface area contributed by atoms with Crippen LogP contribution >= 0.6 is 0 Å². The first-order chi connectivity index (χ1) is 14.1. The standard InChI is InChI=1S/C22H25N5O2/c1-15-19(26-29-25-15)12-21(28)24-20-13-22(20)7-10-27(11-8-22)14-16-6-9-23-18-5-3-2-4-17(16)18/h2-6,9,20H,7-8,10-14H2,1H3,(H,24,28). The first-order valence-electron chi connectivity index (χ1n) is 10.3. The van der Waals surface area contributed by atoms with E-state index in [0.717, 1.165) is 44.4 Å². The molecule has 2 fully saturated rings. The summed E-state index contributed by atoms with van der Waals surface area (Å²) in [5.41, 5.74) is 3.98. The van der Waals surface area contributed by atoms with Crippen LogP contribution in [0.1, 0.15) is 36.2 Å². The number of benzene rings is 1. The Bertz CT molecular complexity index is 1030. The molecule has 1 saturated heterocycles. The highest BCUT2D eigenvalue weighted by atomic mass is 16.6. The van der Waals surface area contributed by atoms with Crippen molar-refractivity contribution in [2.45, 2.75) is 45.2 Å². The Morgan fingerprint density at radius 1 is 1.24 bits per heavy atom. The van der Waals surface area contributed by atoms with Gasteiger partial charge >= 0.3 is 0 Å². The molecule has 1 aliphatic heterocycles. The molecule has 1 aliphatic carbocycles. The van der Waals surface area contributed by atoms with E-state index in [1.165, 1.54) is 10.9 Å². The van der Waals surface area contributed by atoms with E-state index in [9.17, 15) is 4.79 Å². The molecule has 1 aromatic carbocycles. The second-order valence-corrected chi connectivity index (χ2v) is 8.42. The highest BCUT2D eigenvalue weighted by Gasteiger charge is 2.55. The molecule has 3 heterocycles. The van der Waals surface area contributed by atoms with E-state index in [1.54, 1.807) is 6.92 Å². The molecule has 7 heteroatoms. The predicted molar refractivity (Wildman–Crippen MR) is 108 cm³/mol. The first kappa shape index (κ1) is 18.2. The van der Waals surface area contributed by atoms with Gasteiger partial charge in [0, 0.05) is 24.2 Å². The Hall–Kier alpha value is -2.80. The molecule has 1 spiro atoms. The molecular weight excluding hydrogens is 366 g/mol. The second-order valence-electron chi connectivity index (χ2n) is 8.42. The van der Waals surface area contributed by atoms with Crippen LogP contribution in [0.2, 0.25) is 0 Å². The molecule has 1 N–H and O–H groups in total. The third kappa shape index (κ3) is 3.62. The van der Waals surface area contributed by atoms with Crippen LogP contribution in [0.3, 0.4) is 0 Å². The molecule has 29 heavy (non-hydrogen) atoms. The average Bonchev–Trinajstić information content (AvgIpc) is 3.22. The molecule has 5 rings (SSSR count). The zero-order valence-corrected chi connectivity index (χ0v) is 16.6. The lowest BCUT2D eigenvalue weighted by Crippen LogP contribution is -2.38. The van der Waals surface area contributed by atoms with Gasteiger partial charge in [0.1, 0.15) is 11.4 Å². The van der Waals surface area contributed by atoms with Crippen LogP contribution in [0.5, 0.6) is 0 Å². The topological polar surface area (TPSA) is 84.1 Å². The molecule has 150 valence electrons. The Morgan fingerprint density at radius 3 is 2.86 bits per heavy atom. The molecule has 1 amide bonds. The number of hydrogen-bond acceptors (Lipinski definition) is 6. The number of piperidine rings is 1. The highest BCUT2D eigenvalue weighted by molar-refractivity contribution is 5.81. The maximum atomic E-state index is 12.3. The van der Waals surface area contributed by atoms with Gasteiger partial charge in [-0.25, -0.2) is 4.63 Å². The number of aryl methyl sites for hydroxylation is 1. The second kappa shape index (κ2) is 7.22. The number of amides is 1. The van der Waals surface area contributed by atoms with Crippen molar-refractivity contribution in [2.75, 3.05) is 13.1 Å². The van der Waals surface area contributed by atoms with Gasteiger partial charge in [-0.05, 0) is 62.4 Å². The monoisotopic (exact) mass is 391 g/mol. The molecule has 2 aliphatic rings. The first-order valence-corrected chi connectivity index (χ1v) is 10.3. The van der Waals surface area contributed by atoms with Crippen LogP contribution < -0.4 is 5.32 Å². The molecular formula is C22H25N5O2. The van der Waals surface area contributed by atoms with Gasteiger partial charge in [0.25, 0.3) is 0 Å². The minimum absolute atomic E-state index is 0.0105. The SMILES string of the molecule is Cc1nonc1CC(=O)NC1CC12CCN(Cc1ccnc3ccccc13)CC2. The quantitative estimate of drug-likeness (QED) is 0.720. The Balaban J connectivity index is 1.15. The van der Waals surface area contributed by atoms with E-state index in [4.69, 9.17) is 0 Å². The Morgan fingerprint density at radius 2 is 2.07 bits per heavy atom. The van der Waals surface area contributed by atoms with Crippen LogP contribution in [0.15, 0.2) is 41.2 Å². The molecule has 3 aromatic rings. The summed E-state index contributed by atoms with van der Waals surface area (Å²) in [6.45, 7) is 4.89. The molecule has 1 atom stereocenters. The number of para-hydroxylation sites is 1. The molecule has 0 bridgehead atoms. The van der Waals surface area contributed by atoms with Gasteiger partial charge in [-0.1, -0.05) is 28.5 Å². The van der Waals surface area contributed by atoms with Gasteiger partial charge < -0.3 is 5.32 Å². The van der Waals surface area contributed by atoms with Crippen LogP contribution in [0, 0.1) is 12.3 Å². The van der Waals surface area contributed by atoms with E-state index < -0.39 is 0 Å². The van der Waals surface area contributed by atoms with Crippen molar-refractivity contribution < 1.29 is 9.42 Å². The van der Waals surface area contributed by atoms with E-state index >= 15 is 0 Å². The maximum Gasteiger partial charge on any atom is 0.226 e. The number of pyridine rings is 1. The zero-order valence-electron chi connectivity index (χ0n) is 16.6. The number of carbonyl (C=O) groups excluding carboxylic acids is 1. The number of carbonyl (C=O) groups is 1. The van der Waals surface area contributed by atoms with Crippen molar-refractivity contribution in [1.29, 1.82) is 0 Å². The normalized spacial score (nSPS) is 20.8. The van der Waals surface area contributed by atoms with Crippen molar-refractivity contribution in [3.05, 3.63) is 53.5 Å². The highest BCUT2D eigenvalue weighted by Crippen LogP contribution is 2.54. The molecule has 7 nitrogen and oxygen atoms in total. The number of rotatable bonds is 5. The smallest absolute Gasteiger partial charge is 0.226 e. The number of likely N-dealkylation sites (tertiary alicyclic amines) is 1. The van der Waals surface area contributed by atoms with E-state index in [1.807, 2.05) is 12.3 Å². The molecule has 0 radical (unpaired) electrons. The van der Waals surface area contributed by atoms with Crippen LogP contribution in [-0.2, 0) is 17.8 Å². The summed E-state index contributed by atoms with van der Waals surface area (Å²) in [6.07, 6.45) is 5.49. The van der Waals surface area contributed by atoms with Gasteiger partial charge in [-0.3, -0.25) is 14.7 Å². The van der Waals surface area contributed by atoms with Gasteiger partial charge in [-0.15, -0.1) is 0 Å². The van der Waals surface area contributed by atoms with E-state index in [0.29, 0.717) is 17.4 Å². The van der Waals surface area contributed by atoms with Gasteiger partial charge in [0.15, 0.2) is 0 Å². The lowest BCUT2D eigenvalue weighted by atomic mass is 9.92. The zero-order chi connectivity index (χ0) is 19.8. The van der Waals surface area contributed by atoms with Crippen molar-refractivity contribution in [1.82, 2.24) is 25.5 Å². The fraction of sp³-hybridized carbons (Fsp3) is 0.455. The lowest BCUT2D eigenvalue weighted by molar-refractivity contribution is -0.120. The van der Waals surface area contributed by atoms with Crippen molar-refractivity contribution in [3.8, 4) is 0 Å².